The molecule has 0 aliphatic carbocycles. The van der Waals surface area contributed by atoms with Crippen molar-refractivity contribution < 1.29 is 27.9 Å². The van der Waals surface area contributed by atoms with Crippen LogP contribution in [0.5, 0.6) is 5.75 Å². The molecule has 0 saturated carbocycles. The standard InChI is InChI=1S/C55H74ClN9O6S3/c1-33(2)59-50(55(8,9)10)53(68)65-31-40(66)29-45(65)52(67)60-36(6)39-20-21-41(49-37(7)58-32-73-49)47(28-39)72-25-17-13-16-23-64(11)24-22-38-27-46(71-12)44(26-35(38)5)62-54-57-30-42(56)51(63-54)61-43-18-14-15-19-48(43)74(69,70)34(3)4/h14-15,18-21,26-28,30,32,34,36,40,45,50,59,66H,1,13,16-17,22-25,29,31H2,2-12H3,(H,60,67)(H2,57,61,62,63)/t36-,40+,45-,50+/m0/s1. The number of ether oxygens (including phenoxy) is 1. The summed E-state index contributed by atoms with van der Waals surface area (Å²) in [6.45, 7) is 22.9. The number of unbranched alkanes of at least 4 members (excludes halogenated alkanes) is 2. The van der Waals surface area contributed by atoms with Crippen molar-refractivity contribution in [3.05, 3.63) is 106 Å². The van der Waals surface area contributed by atoms with Crippen molar-refractivity contribution >= 4 is 79.5 Å². The molecule has 1 saturated heterocycles. The fourth-order valence-electron chi connectivity index (χ4n) is 8.80. The van der Waals surface area contributed by atoms with Gasteiger partial charge in [-0.1, -0.05) is 69.6 Å². The molecular formula is C55H74ClN9O6S3. The Kier molecular flexibility index (Phi) is 20.0. The number of nitrogens with zero attached hydrogens (tertiary/aromatic N) is 5. The van der Waals surface area contributed by atoms with Crippen LogP contribution in [0.2, 0.25) is 5.02 Å². The molecule has 0 bridgehead atoms. The molecule has 2 amide bonds. The highest BCUT2D eigenvalue weighted by atomic mass is 35.5. The Morgan fingerprint density at radius 2 is 1.76 bits per heavy atom. The number of aliphatic hydroxyl groups is 1. The van der Waals surface area contributed by atoms with Gasteiger partial charge in [-0.25, -0.2) is 18.4 Å². The zero-order chi connectivity index (χ0) is 54.1. The van der Waals surface area contributed by atoms with Gasteiger partial charge in [0.1, 0.15) is 22.9 Å². The quantitative estimate of drug-likeness (QED) is 0.0290. The van der Waals surface area contributed by atoms with Crippen molar-refractivity contribution in [2.75, 3.05) is 50.2 Å². The van der Waals surface area contributed by atoms with Gasteiger partial charge < -0.3 is 40.9 Å². The molecule has 0 unspecified atom stereocenters. The van der Waals surface area contributed by atoms with Crippen molar-refractivity contribution in [1.82, 2.24) is 35.4 Å². The van der Waals surface area contributed by atoms with Crippen molar-refractivity contribution in [2.45, 2.75) is 134 Å². The van der Waals surface area contributed by atoms with Gasteiger partial charge in [-0.3, -0.25) is 9.59 Å². The topological polar surface area (TPSA) is 191 Å². The molecule has 1 aliphatic rings. The van der Waals surface area contributed by atoms with Gasteiger partial charge in [-0.15, -0.1) is 23.1 Å². The van der Waals surface area contributed by atoms with Gasteiger partial charge in [0.2, 0.25) is 17.8 Å². The van der Waals surface area contributed by atoms with Crippen LogP contribution in [0.3, 0.4) is 0 Å². The molecule has 0 radical (unpaired) electrons. The van der Waals surface area contributed by atoms with Crippen molar-refractivity contribution in [3.8, 4) is 16.2 Å². The van der Waals surface area contributed by atoms with Crippen LogP contribution in [-0.4, -0.2) is 113 Å². The summed E-state index contributed by atoms with van der Waals surface area (Å²) in [5.74, 6) is 1.57. The Morgan fingerprint density at radius 3 is 2.43 bits per heavy atom. The molecule has 400 valence electrons. The van der Waals surface area contributed by atoms with E-state index in [-0.39, 0.29) is 52.5 Å². The number of methoxy groups -OCH3 is 1. The third-order valence-corrected chi connectivity index (χ3v) is 17.7. The lowest BCUT2D eigenvalue weighted by Gasteiger charge is -2.36. The van der Waals surface area contributed by atoms with Gasteiger partial charge in [-0.05, 0) is 133 Å². The van der Waals surface area contributed by atoms with E-state index >= 15 is 0 Å². The maximum atomic E-state index is 13.9. The summed E-state index contributed by atoms with van der Waals surface area (Å²) in [5, 5.41) is 23.0. The number of amides is 2. The van der Waals surface area contributed by atoms with Crippen LogP contribution in [0.25, 0.3) is 10.4 Å². The van der Waals surface area contributed by atoms with E-state index in [0.29, 0.717) is 22.8 Å². The van der Waals surface area contributed by atoms with E-state index in [0.717, 1.165) is 82.2 Å². The number of hydrogen-bond donors (Lipinski definition) is 5. The Bertz CT molecular complexity index is 2890. The summed E-state index contributed by atoms with van der Waals surface area (Å²) >= 11 is 9.94. The monoisotopic (exact) mass is 1090 g/mol. The van der Waals surface area contributed by atoms with Crippen LogP contribution < -0.4 is 26.0 Å². The lowest BCUT2D eigenvalue weighted by Crippen LogP contribution is -2.56. The van der Waals surface area contributed by atoms with E-state index in [1.807, 2.05) is 70.9 Å². The van der Waals surface area contributed by atoms with Crippen LogP contribution in [0.15, 0.2) is 88.4 Å². The number of β-amino-alcohol motifs (C(OH)–C–C–N with tert-alkyl or cyclic N) is 1. The molecule has 5 aromatic rings. The Labute approximate surface area is 451 Å². The second-order valence-corrected chi connectivity index (χ2v) is 25.4. The number of carbonyl (C=O) groups excluding carboxylic acids is 2. The van der Waals surface area contributed by atoms with Crippen LogP contribution in [-0.2, 0) is 25.8 Å². The van der Waals surface area contributed by atoms with E-state index in [2.05, 4.69) is 79.9 Å². The number of benzene rings is 3. The number of aliphatic hydroxyl groups excluding tert-OH is 1. The smallest absolute Gasteiger partial charge is 0.246 e. The number of sulfone groups is 1. The van der Waals surface area contributed by atoms with E-state index < -0.39 is 38.7 Å². The number of thioether (sulfide) groups is 1. The number of rotatable bonds is 24. The zero-order valence-corrected chi connectivity index (χ0v) is 47.8. The molecule has 15 nitrogen and oxygen atoms in total. The third kappa shape index (κ3) is 14.8. The molecule has 19 heteroatoms. The lowest BCUT2D eigenvalue weighted by atomic mass is 9.85. The Balaban J connectivity index is 1.01. The number of halogens is 1. The molecule has 5 N–H and O–H groups in total. The lowest BCUT2D eigenvalue weighted by molar-refractivity contribution is -0.142. The maximum absolute atomic E-state index is 13.9. The van der Waals surface area contributed by atoms with E-state index in [9.17, 15) is 23.1 Å². The first-order valence-corrected chi connectivity index (χ1v) is 28.9. The number of carbonyl (C=O) groups is 2. The van der Waals surface area contributed by atoms with Crippen molar-refractivity contribution in [3.63, 3.8) is 0 Å². The molecule has 1 aliphatic heterocycles. The number of para-hydroxylation sites is 1. The van der Waals surface area contributed by atoms with Gasteiger partial charge in [0, 0.05) is 35.7 Å². The van der Waals surface area contributed by atoms with Gasteiger partial charge in [0.15, 0.2) is 15.7 Å². The number of likely N-dealkylation sites (tertiary alicyclic amines) is 1. The van der Waals surface area contributed by atoms with Crippen LogP contribution in [0, 0.1) is 19.3 Å². The SMILES string of the molecule is C=C(C)N[C@H](C(=O)N1C[C@H](O)C[C@H]1C(=O)N[C@@H](C)c1ccc(-c2scnc2C)c(SCCCCCN(C)CCc2cc(OC)c(Nc3ncc(Cl)c(Nc4ccccc4S(=O)(=O)C(C)C)n3)cc2C)c1)C(C)(C)C. The van der Waals surface area contributed by atoms with E-state index in [4.69, 9.17) is 16.3 Å². The highest BCUT2D eigenvalue weighted by Gasteiger charge is 2.44. The van der Waals surface area contributed by atoms with Gasteiger partial charge in [0.25, 0.3) is 0 Å². The number of thiazole rings is 1. The average Bonchev–Trinajstić information content (AvgIpc) is 3.96. The number of nitrogens with one attached hydrogen (secondary N) is 4. The van der Waals surface area contributed by atoms with Crippen LogP contribution in [0.1, 0.15) is 103 Å². The minimum absolute atomic E-state index is 0.0973. The fourth-order valence-corrected chi connectivity index (χ4v) is 12.2. The number of anilines is 4. The number of likely N-dealkylation sites (N-methyl/N-ethyl adjacent to an activating group) is 1. The van der Waals surface area contributed by atoms with Crippen molar-refractivity contribution in [1.29, 1.82) is 0 Å². The molecule has 4 atom stereocenters. The molecular weight excluding hydrogens is 1010 g/mol. The zero-order valence-electron chi connectivity index (χ0n) is 44.6. The number of aryl methyl sites for hydroxylation is 2. The molecule has 3 heterocycles. The minimum atomic E-state index is -3.58. The molecule has 74 heavy (non-hydrogen) atoms. The first kappa shape index (κ1) is 58.0. The maximum Gasteiger partial charge on any atom is 0.246 e. The second-order valence-electron chi connectivity index (χ2n) is 20.5. The molecule has 2 aromatic heterocycles. The Hall–Kier alpha value is -5.24. The van der Waals surface area contributed by atoms with Crippen molar-refractivity contribution in [2.24, 2.45) is 5.41 Å². The number of allylic oxidation sites excluding steroid dienone is 1. The molecule has 3 aromatic carbocycles. The van der Waals surface area contributed by atoms with Gasteiger partial charge in [-0.2, -0.15) is 4.98 Å². The predicted octanol–water partition coefficient (Wildman–Crippen LogP) is 10.7. The van der Waals surface area contributed by atoms with Gasteiger partial charge >= 0.3 is 0 Å². The first-order valence-electron chi connectivity index (χ1n) is 25.1. The summed E-state index contributed by atoms with van der Waals surface area (Å²) in [5.41, 5.74) is 8.45. The summed E-state index contributed by atoms with van der Waals surface area (Å²) in [6.07, 6.45) is 4.84. The summed E-state index contributed by atoms with van der Waals surface area (Å²) < 4.78 is 32.0. The third-order valence-electron chi connectivity index (χ3n) is 13.1. The summed E-state index contributed by atoms with van der Waals surface area (Å²) in [6, 6.07) is 15.4. The molecule has 0 spiro atoms. The summed E-state index contributed by atoms with van der Waals surface area (Å²) in [7, 11) is 0.202. The highest BCUT2D eigenvalue weighted by Crippen LogP contribution is 2.39. The normalized spacial score (nSPS) is 15.8. The second kappa shape index (κ2) is 25.5. The average molecular weight is 1090 g/mol. The van der Waals surface area contributed by atoms with E-state index in [1.165, 1.54) is 11.1 Å². The Morgan fingerprint density at radius 1 is 1.01 bits per heavy atom. The molecule has 1 fully saturated rings. The largest absolute Gasteiger partial charge is 0.495 e. The number of aromatic nitrogens is 3. The minimum Gasteiger partial charge on any atom is -0.495 e. The molecule has 6 rings (SSSR count). The van der Waals surface area contributed by atoms with Gasteiger partial charge in [0.05, 0.1) is 63.1 Å². The summed E-state index contributed by atoms with van der Waals surface area (Å²) in [4.78, 5) is 47.6. The highest BCUT2D eigenvalue weighted by molar-refractivity contribution is 7.99. The number of hydrogen-bond acceptors (Lipinski definition) is 15. The predicted molar refractivity (Wildman–Crippen MR) is 302 cm³/mol. The van der Waals surface area contributed by atoms with Crippen LogP contribution in [0.4, 0.5) is 23.1 Å². The fraction of sp³-hybridized carbons (Fsp3) is 0.473. The van der Waals surface area contributed by atoms with E-state index in [1.54, 1.807) is 56.6 Å². The van der Waals surface area contributed by atoms with Crippen LogP contribution >= 0.6 is 34.7 Å². The first-order chi connectivity index (χ1) is 35.0.